The van der Waals surface area contributed by atoms with E-state index in [-0.39, 0.29) is 6.54 Å². The van der Waals surface area contributed by atoms with Crippen LogP contribution in [0.3, 0.4) is 0 Å². The highest BCUT2D eigenvalue weighted by molar-refractivity contribution is 7.14. The van der Waals surface area contributed by atoms with Crippen LogP contribution in [0.25, 0.3) is 11.3 Å². The van der Waals surface area contributed by atoms with Crippen molar-refractivity contribution in [2.24, 2.45) is 5.73 Å². The van der Waals surface area contributed by atoms with Gasteiger partial charge in [0.15, 0.2) is 6.61 Å². The summed E-state index contributed by atoms with van der Waals surface area (Å²) in [5.41, 5.74) is 6.22. The lowest BCUT2D eigenvalue weighted by Gasteiger charge is -2.05. The molecule has 0 unspecified atom stereocenters. The zero-order chi connectivity index (χ0) is 16.8. The number of carbonyl (C=O) groups excluding carboxylic acids is 3. The lowest BCUT2D eigenvalue weighted by atomic mass is 10.1. The second-order valence-corrected chi connectivity index (χ2v) is 5.80. The van der Waals surface area contributed by atoms with Crippen LogP contribution >= 0.6 is 11.3 Å². The third kappa shape index (κ3) is 4.62. The standard InChI is InChI=1S/C15H15N3O4S/c1-9-18-13(10-5-3-2-4-6-10)14(23-9)15(21)22-8-12(20)17-7-11(16)19/h2-6H,7-8H2,1H3,(H2,16,19)(H,17,20). The van der Waals surface area contributed by atoms with E-state index in [0.29, 0.717) is 15.6 Å². The predicted molar refractivity (Wildman–Crippen MR) is 84.8 cm³/mol. The molecule has 2 rings (SSSR count). The van der Waals surface area contributed by atoms with E-state index < -0.39 is 24.4 Å². The third-order valence-corrected chi connectivity index (χ3v) is 3.71. The van der Waals surface area contributed by atoms with Crippen molar-refractivity contribution in [1.82, 2.24) is 10.3 Å². The van der Waals surface area contributed by atoms with Gasteiger partial charge in [0.2, 0.25) is 5.91 Å². The maximum atomic E-state index is 12.2. The summed E-state index contributed by atoms with van der Waals surface area (Å²) in [5.74, 6) is -1.91. The summed E-state index contributed by atoms with van der Waals surface area (Å²) >= 11 is 1.20. The second-order valence-electron chi connectivity index (χ2n) is 4.60. The van der Waals surface area contributed by atoms with Crippen molar-refractivity contribution in [3.63, 3.8) is 0 Å². The van der Waals surface area contributed by atoms with Gasteiger partial charge in [0.05, 0.1) is 17.2 Å². The van der Waals surface area contributed by atoms with Crippen LogP contribution in [0.15, 0.2) is 30.3 Å². The number of carbonyl (C=O) groups is 3. The minimum atomic E-state index is -0.672. The van der Waals surface area contributed by atoms with Gasteiger partial charge in [-0.25, -0.2) is 9.78 Å². The monoisotopic (exact) mass is 333 g/mol. The fourth-order valence-electron chi connectivity index (χ4n) is 1.79. The Morgan fingerprint density at radius 3 is 2.61 bits per heavy atom. The summed E-state index contributed by atoms with van der Waals surface area (Å²) in [5, 5.41) is 2.95. The van der Waals surface area contributed by atoms with Gasteiger partial charge < -0.3 is 15.8 Å². The number of primary amides is 1. The lowest BCUT2D eigenvalue weighted by Crippen LogP contribution is -2.35. The molecule has 120 valence electrons. The van der Waals surface area contributed by atoms with Gasteiger partial charge in [-0.3, -0.25) is 9.59 Å². The number of esters is 1. The van der Waals surface area contributed by atoms with Crippen molar-refractivity contribution >= 4 is 29.1 Å². The van der Waals surface area contributed by atoms with E-state index in [4.69, 9.17) is 10.5 Å². The summed E-state index contributed by atoms with van der Waals surface area (Å²) in [6.07, 6.45) is 0. The second kappa shape index (κ2) is 7.50. The molecule has 1 heterocycles. The Labute approximate surface area is 136 Å². The fraction of sp³-hybridized carbons (Fsp3) is 0.200. The molecule has 0 spiro atoms. The van der Waals surface area contributed by atoms with Gasteiger partial charge in [-0.05, 0) is 6.92 Å². The summed E-state index contributed by atoms with van der Waals surface area (Å²) in [6, 6.07) is 9.23. The van der Waals surface area contributed by atoms with Crippen molar-refractivity contribution in [2.75, 3.05) is 13.2 Å². The zero-order valence-electron chi connectivity index (χ0n) is 12.4. The highest BCUT2D eigenvalue weighted by Crippen LogP contribution is 2.28. The molecule has 23 heavy (non-hydrogen) atoms. The molecule has 0 aliphatic carbocycles. The van der Waals surface area contributed by atoms with Gasteiger partial charge >= 0.3 is 5.97 Å². The third-order valence-electron chi connectivity index (χ3n) is 2.76. The Hall–Kier alpha value is -2.74. The normalized spacial score (nSPS) is 10.1. The predicted octanol–water partition coefficient (Wildman–Crippen LogP) is 0.877. The van der Waals surface area contributed by atoms with Crippen LogP contribution in [0, 0.1) is 6.92 Å². The highest BCUT2D eigenvalue weighted by atomic mass is 32.1. The van der Waals surface area contributed by atoms with Crippen molar-refractivity contribution in [2.45, 2.75) is 6.92 Å². The summed E-state index contributed by atoms with van der Waals surface area (Å²) < 4.78 is 4.96. The molecule has 1 aromatic heterocycles. The number of hydrogen-bond acceptors (Lipinski definition) is 6. The Balaban J connectivity index is 2.06. The van der Waals surface area contributed by atoms with Crippen molar-refractivity contribution in [3.05, 3.63) is 40.2 Å². The van der Waals surface area contributed by atoms with E-state index >= 15 is 0 Å². The van der Waals surface area contributed by atoms with E-state index in [1.807, 2.05) is 30.3 Å². The van der Waals surface area contributed by atoms with Gasteiger partial charge in [-0.2, -0.15) is 0 Å². The molecule has 0 fully saturated rings. The first-order valence-electron chi connectivity index (χ1n) is 6.72. The first kappa shape index (κ1) is 16.6. The quantitative estimate of drug-likeness (QED) is 0.762. The van der Waals surface area contributed by atoms with E-state index in [2.05, 4.69) is 10.3 Å². The van der Waals surface area contributed by atoms with Crippen molar-refractivity contribution in [3.8, 4) is 11.3 Å². The molecule has 0 saturated carbocycles. The lowest BCUT2D eigenvalue weighted by molar-refractivity contribution is -0.127. The Morgan fingerprint density at radius 1 is 1.26 bits per heavy atom. The van der Waals surface area contributed by atoms with E-state index in [1.54, 1.807) is 6.92 Å². The molecular formula is C15H15N3O4S. The van der Waals surface area contributed by atoms with Crippen molar-refractivity contribution in [1.29, 1.82) is 0 Å². The Bertz CT molecular complexity index is 728. The molecule has 8 heteroatoms. The molecule has 0 aliphatic heterocycles. The van der Waals surface area contributed by atoms with Gasteiger partial charge in [0.1, 0.15) is 4.88 Å². The van der Waals surface area contributed by atoms with Gasteiger partial charge in [0, 0.05) is 5.56 Å². The smallest absolute Gasteiger partial charge is 0.351 e. The van der Waals surface area contributed by atoms with Gasteiger partial charge in [-0.15, -0.1) is 11.3 Å². The topological polar surface area (TPSA) is 111 Å². The molecule has 0 aliphatic rings. The van der Waals surface area contributed by atoms with E-state index in [0.717, 1.165) is 5.56 Å². The maximum Gasteiger partial charge on any atom is 0.351 e. The van der Waals surface area contributed by atoms with Crippen LogP contribution in [0.4, 0.5) is 0 Å². The SMILES string of the molecule is Cc1nc(-c2ccccc2)c(C(=O)OCC(=O)NCC(N)=O)s1. The molecule has 7 nitrogen and oxygen atoms in total. The minimum absolute atomic E-state index is 0.300. The molecule has 0 bridgehead atoms. The van der Waals surface area contributed by atoms with Crippen LogP contribution in [0.2, 0.25) is 0 Å². The largest absolute Gasteiger partial charge is 0.451 e. The average Bonchev–Trinajstić information content (AvgIpc) is 2.93. The highest BCUT2D eigenvalue weighted by Gasteiger charge is 2.20. The first-order valence-corrected chi connectivity index (χ1v) is 7.54. The zero-order valence-corrected chi connectivity index (χ0v) is 13.2. The maximum absolute atomic E-state index is 12.2. The number of thiazole rings is 1. The Kier molecular flexibility index (Phi) is 5.42. The Morgan fingerprint density at radius 2 is 1.96 bits per heavy atom. The van der Waals surface area contributed by atoms with Crippen LogP contribution in [-0.2, 0) is 14.3 Å². The number of nitrogens with two attached hydrogens (primary N) is 1. The number of rotatable bonds is 6. The molecule has 0 atom stereocenters. The first-order chi connectivity index (χ1) is 11.0. The molecule has 0 radical (unpaired) electrons. The summed E-state index contributed by atoms with van der Waals surface area (Å²) in [7, 11) is 0. The summed E-state index contributed by atoms with van der Waals surface area (Å²) in [6.45, 7) is 0.996. The van der Waals surface area contributed by atoms with Gasteiger partial charge in [-0.1, -0.05) is 30.3 Å². The van der Waals surface area contributed by atoms with Crippen LogP contribution in [-0.4, -0.2) is 35.9 Å². The number of benzene rings is 1. The van der Waals surface area contributed by atoms with Gasteiger partial charge in [0.25, 0.3) is 5.91 Å². The van der Waals surface area contributed by atoms with Crippen LogP contribution < -0.4 is 11.1 Å². The summed E-state index contributed by atoms with van der Waals surface area (Å²) in [4.78, 5) is 38.8. The molecule has 2 aromatic rings. The molecule has 0 saturated heterocycles. The molecular weight excluding hydrogens is 318 g/mol. The van der Waals surface area contributed by atoms with Crippen LogP contribution in [0.1, 0.15) is 14.7 Å². The number of nitrogens with one attached hydrogen (secondary N) is 1. The number of amides is 2. The number of aromatic nitrogens is 1. The molecule has 2 amide bonds. The van der Waals surface area contributed by atoms with E-state index in [9.17, 15) is 14.4 Å². The molecule has 3 N–H and O–H groups in total. The number of hydrogen-bond donors (Lipinski definition) is 2. The van der Waals surface area contributed by atoms with Crippen molar-refractivity contribution < 1.29 is 19.1 Å². The minimum Gasteiger partial charge on any atom is -0.451 e. The number of aryl methyl sites for hydroxylation is 1. The number of nitrogens with zero attached hydrogens (tertiary/aromatic N) is 1. The average molecular weight is 333 g/mol. The number of ether oxygens (including phenoxy) is 1. The van der Waals surface area contributed by atoms with E-state index in [1.165, 1.54) is 11.3 Å². The molecule has 1 aromatic carbocycles. The fourth-order valence-corrected chi connectivity index (χ4v) is 2.63. The van der Waals surface area contributed by atoms with Crippen LogP contribution in [0.5, 0.6) is 0 Å².